The highest BCUT2D eigenvalue weighted by Crippen LogP contribution is 2.06. The molecule has 1 aromatic heterocycles. The molecule has 0 unspecified atom stereocenters. The third-order valence-corrected chi connectivity index (χ3v) is 2.08. The molecule has 0 aliphatic heterocycles. The van der Waals surface area contributed by atoms with Crippen LogP contribution in [-0.2, 0) is 20.9 Å². The van der Waals surface area contributed by atoms with Gasteiger partial charge in [-0.25, -0.2) is 4.79 Å². The van der Waals surface area contributed by atoms with Crippen LogP contribution in [0.25, 0.3) is 0 Å². The van der Waals surface area contributed by atoms with Crippen molar-refractivity contribution in [1.29, 1.82) is 0 Å². The van der Waals surface area contributed by atoms with Crippen molar-refractivity contribution in [3.63, 3.8) is 0 Å². The van der Waals surface area contributed by atoms with Gasteiger partial charge in [-0.1, -0.05) is 0 Å². The number of aromatic nitrogens is 3. The SMILES string of the molecule is CC(=O)N(C)n1cn[n+](CC(=O)OC(C)(C)C)c1. The van der Waals surface area contributed by atoms with Gasteiger partial charge in [0.2, 0.25) is 12.9 Å². The molecule has 0 saturated carbocycles. The quantitative estimate of drug-likeness (QED) is 0.546. The molecule has 0 saturated heterocycles. The molecule has 1 aromatic rings. The first kappa shape index (κ1) is 14.1. The maximum atomic E-state index is 11.6. The van der Waals surface area contributed by atoms with Gasteiger partial charge >= 0.3 is 5.97 Å². The summed E-state index contributed by atoms with van der Waals surface area (Å²) in [5, 5.41) is 5.35. The third kappa shape index (κ3) is 4.15. The van der Waals surface area contributed by atoms with Gasteiger partial charge in [-0.3, -0.25) is 4.79 Å². The van der Waals surface area contributed by atoms with Crippen molar-refractivity contribution in [3.8, 4) is 0 Å². The number of carbonyl (C=O) groups excluding carboxylic acids is 2. The van der Waals surface area contributed by atoms with Gasteiger partial charge < -0.3 is 4.74 Å². The number of carbonyl (C=O) groups is 2. The Morgan fingerprint density at radius 1 is 1.44 bits per heavy atom. The van der Waals surface area contributed by atoms with Crippen LogP contribution in [0.3, 0.4) is 0 Å². The van der Waals surface area contributed by atoms with Crippen LogP contribution in [0.15, 0.2) is 12.7 Å². The summed E-state index contributed by atoms with van der Waals surface area (Å²) in [5.74, 6) is -0.500. The summed E-state index contributed by atoms with van der Waals surface area (Å²) in [4.78, 5) is 22.7. The fourth-order valence-electron chi connectivity index (χ4n) is 1.22. The molecule has 0 spiro atoms. The molecule has 100 valence electrons. The number of nitrogens with zero attached hydrogens (tertiary/aromatic N) is 4. The molecule has 0 radical (unpaired) electrons. The smallest absolute Gasteiger partial charge is 0.351 e. The highest BCUT2D eigenvalue weighted by molar-refractivity contribution is 5.82. The van der Waals surface area contributed by atoms with Crippen molar-refractivity contribution in [2.24, 2.45) is 0 Å². The average Bonchev–Trinajstić information content (AvgIpc) is 2.61. The topological polar surface area (TPSA) is 68.3 Å². The number of amides is 1. The summed E-state index contributed by atoms with van der Waals surface area (Å²) < 4.78 is 8.07. The molecule has 0 bridgehead atoms. The Morgan fingerprint density at radius 3 is 2.56 bits per heavy atom. The first-order valence-corrected chi connectivity index (χ1v) is 5.59. The Balaban J connectivity index is 2.65. The van der Waals surface area contributed by atoms with Crippen LogP contribution >= 0.6 is 0 Å². The molecule has 7 nitrogen and oxygen atoms in total. The predicted molar refractivity (Wildman–Crippen MR) is 63.1 cm³/mol. The molecule has 0 aromatic carbocycles. The number of rotatable bonds is 3. The number of hydrogen-bond acceptors (Lipinski definition) is 4. The lowest BCUT2D eigenvalue weighted by atomic mass is 10.2. The number of esters is 1. The van der Waals surface area contributed by atoms with Crippen LogP contribution in [0, 0.1) is 0 Å². The average molecular weight is 255 g/mol. The van der Waals surface area contributed by atoms with Crippen molar-refractivity contribution >= 4 is 11.9 Å². The Bertz CT molecular complexity index is 447. The lowest BCUT2D eigenvalue weighted by molar-refractivity contribution is -0.741. The highest BCUT2D eigenvalue weighted by atomic mass is 16.6. The minimum Gasteiger partial charge on any atom is -0.457 e. The van der Waals surface area contributed by atoms with Gasteiger partial charge in [0, 0.05) is 6.92 Å². The fourth-order valence-corrected chi connectivity index (χ4v) is 1.22. The van der Waals surface area contributed by atoms with Gasteiger partial charge in [-0.2, -0.15) is 5.01 Å². The second kappa shape index (κ2) is 5.16. The van der Waals surface area contributed by atoms with Gasteiger partial charge in [0.15, 0.2) is 0 Å². The normalized spacial score (nSPS) is 11.2. The molecular formula is C11H19N4O3+. The van der Waals surface area contributed by atoms with Crippen molar-refractivity contribution in [2.45, 2.75) is 39.8 Å². The Kier molecular flexibility index (Phi) is 4.05. The molecule has 1 rings (SSSR count). The highest BCUT2D eigenvalue weighted by Gasteiger charge is 2.20. The molecule has 7 heteroatoms. The van der Waals surface area contributed by atoms with Crippen LogP contribution in [0.5, 0.6) is 0 Å². The van der Waals surface area contributed by atoms with Crippen LogP contribution in [0.2, 0.25) is 0 Å². The van der Waals surface area contributed by atoms with Crippen molar-refractivity contribution in [2.75, 3.05) is 12.1 Å². The van der Waals surface area contributed by atoms with Gasteiger partial charge in [0.05, 0.1) is 7.05 Å². The van der Waals surface area contributed by atoms with E-state index in [0.717, 1.165) is 0 Å². The minimum atomic E-state index is -0.517. The summed E-state index contributed by atoms with van der Waals surface area (Å²) in [6.45, 7) is 6.86. The first-order chi connectivity index (χ1) is 8.19. The standard InChI is InChI=1S/C11H19N4O3/c1-9(16)13(5)15-7-12-14(8-15)6-10(17)18-11(2,3)4/h7-8H,6H2,1-5H3/q+1. The van der Waals surface area contributed by atoms with E-state index < -0.39 is 5.60 Å². The van der Waals surface area contributed by atoms with E-state index in [2.05, 4.69) is 5.10 Å². The van der Waals surface area contributed by atoms with Crippen LogP contribution in [-0.4, -0.2) is 34.3 Å². The van der Waals surface area contributed by atoms with E-state index in [9.17, 15) is 9.59 Å². The van der Waals surface area contributed by atoms with E-state index in [0.29, 0.717) is 0 Å². The molecule has 18 heavy (non-hydrogen) atoms. The maximum absolute atomic E-state index is 11.6. The second-order valence-corrected chi connectivity index (χ2v) is 4.95. The van der Waals surface area contributed by atoms with Gasteiger partial charge in [0.1, 0.15) is 5.60 Å². The number of hydrogen-bond donors (Lipinski definition) is 0. The first-order valence-electron chi connectivity index (χ1n) is 5.59. The van der Waals surface area contributed by atoms with Gasteiger partial charge in [-0.05, 0) is 25.9 Å². The second-order valence-electron chi connectivity index (χ2n) is 4.95. The van der Waals surface area contributed by atoms with Crippen molar-refractivity contribution < 1.29 is 19.0 Å². The summed E-state index contributed by atoms with van der Waals surface area (Å²) in [6.07, 6.45) is 3.00. The van der Waals surface area contributed by atoms with Crippen LogP contribution in [0.1, 0.15) is 27.7 Å². The molecule has 1 amide bonds. The largest absolute Gasteiger partial charge is 0.457 e. The van der Waals surface area contributed by atoms with Gasteiger partial charge in [0.25, 0.3) is 12.2 Å². The Labute approximate surface area is 106 Å². The molecule has 1 heterocycles. The number of ether oxygens (including phenoxy) is 1. The molecule has 0 aliphatic carbocycles. The summed E-state index contributed by atoms with van der Waals surface area (Å²) in [6, 6.07) is 0. The van der Waals surface area contributed by atoms with E-state index in [-0.39, 0.29) is 18.4 Å². The lowest BCUT2D eigenvalue weighted by Gasteiger charge is -2.18. The van der Waals surface area contributed by atoms with Crippen LogP contribution < -0.4 is 9.69 Å². The molecular weight excluding hydrogens is 236 g/mol. The predicted octanol–water partition coefficient (Wildman–Crippen LogP) is -0.373. The molecule has 0 atom stereocenters. The summed E-state index contributed by atoms with van der Waals surface area (Å²) >= 11 is 0. The monoisotopic (exact) mass is 255 g/mol. The fraction of sp³-hybridized carbons (Fsp3) is 0.636. The lowest BCUT2D eigenvalue weighted by Crippen LogP contribution is -2.43. The van der Waals surface area contributed by atoms with E-state index >= 15 is 0 Å². The van der Waals surface area contributed by atoms with E-state index in [1.165, 1.54) is 27.6 Å². The van der Waals surface area contributed by atoms with E-state index in [1.807, 2.05) is 0 Å². The zero-order valence-electron chi connectivity index (χ0n) is 11.4. The zero-order valence-corrected chi connectivity index (χ0v) is 11.4. The van der Waals surface area contributed by atoms with Crippen molar-refractivity contribution in [3.05, 3.63) is 12.7 Å². The summed E-state index contributed by atoms with van der Waals surface area (Å²) in [7, 11) is 1.61. The summed E-state index contributed by atoms with van der Waals surface area (Å²) in [5.41, 5.74) is -0.517. The van der Waals surface area contributed by atoms with Gasteiger partial charge in [-0.15, -0.1) is 9.36 Å². The molecule has 0 N–H and O–H groups in total. The van der Waals surface area contributed by atoms with Crippen molar-refractivity contribution in [1.82, 2.24) is 9.77 Å². The molecule has 0 aliphatic rings. The third-order valence-electron chi connectivity index (χ3n) is 2.08. The maximum Gasteiger partial charge on any atom is 0.351 e. The van der Waals surface area contributed by atoms with E-state index in [4.69, 9.17) is 4.74 Å². The Morgan fingerprint density at radius 2 is 2.06 bits per heavy atom. The van der Waals surface area contributed by atoms with Crippen LogP contribution in [0.4, 0.5) is 0 Å². The zero-order chi connectivity index (χ0) is 13.9. The molecule has 0 fully saturated rings. The van der Waals surface area contributed by atoms with E-state index in [1.54, 1.807) is 34.1 Å². The Hall–Kier alpha value is -1.92. The minimum absolute atomic E-state index is 0.00994.